The number of nitrogens with zero attached hydrogens (tertiary/aromatic N) is 2. The van der Waals surface area contributed by atoms with Gasteiger partial charge in [0.05, 0.1) is 4.92 Å². The Hall–Kier alpha value is -1.62. The molecular formula is C13H19N3O2. The van der Waals surface area contributed by atoms with Gasteiger partial charge in [-0.15, -0.1) is 0 Å². The normalized spacial score (nSPS) is 24.8. The molecule has 5 nitrogen and oxygen atoms in total. The van der Waals surface area contributed by atoms with Crippen LogP contribution in [0.25, 0.3) is 0 Å². The maximum absolute atomic E-state index is 10.6. The predicted molar refractivity (Wildman–Crippen MR) is 71.8 cm³/mol. The van der Waals surface area contributed by atoms with Gasteiger partial charge in [-0.05, 0) is 38.9 Å². The van der Waals surface area contributed by atoms with Crippen molar-refractivity contribution in [3.05, 3.63) is 34.4 Å². The van der Waals surface area contributed by atoms with Gasteiger partial charge in [0, 0.05) is 36.4 Å². The van der Waals surface area contributed by atoms with Crippen LogP contribution < -0.4 is 5.32 Å². The first-order valence-electron chi connectivity index (χ1n) is 6.27. The van der Waals surface area contributed by atoms with Crippen molar-refractivity contribution in [2.45, 2.75) is 31.8 Å². The van der Waals surface area contributed by atoms with Crippen LogP contribution in [0.2, 0.25) is 0 Å². The van der Waals surface area contributed by atoms with Crippen LogP contribution in [0, 0.1) is 10.1 Å². The number of piperidine rings is 1. The first-order chi connectivity index (χ1) is 8.56. The number of hydrogen-bond acceptors (Lipinski definition) is 4. The molecule has 0 aliphatic carbocycles. The predicted octanol–water partition coefficient (Wildman–Crippen LogP) is 2.49. The second-order valence-electron chi connectivity index (χ2n) is 5.00. The number of nitro benzene ring substituents is 1. The lowest BCUT2D eigenvalue weighted by atomic mass is 9.98. The van der Waals surface area contributed by atoms with E-state index in [0.717, 1.165) is 25.1 Å². The molecule has 1 saturated heterocycles. The van der Waals surface area contributed by atoms with Crippen LogP contribution in [0.5, 0.6) is 0 Å². The number of non-ortho nitro benzene ring substituents is 1. The maximum atomic E-state index is 10.6. The topological polar surface area (TPSA) is 58.4 Å². The SMILES string of the molecule is CC1CC(Nc2ccc([N+](=O)[O-])cc2)CCN1C. The van der Waals surface area contributed by atoms with Gasteiger partial charge in [0.2, 0.25) is 0 Å². The summed E-state index contributed by atoms with van der Waals surface area (Å²) in [4.78, 5) is 12.5. The number of benzene rings is 1. The molecule has 0 saturated carbocycles. The van der Waals surface area contributed by atoms with Gasteiger partial charge >= 0.3 is 0 Å². The minimum Gasteiger partial charge on any atom is -0.382 e. The van der Waals surface area contributed by atoms with Crippen molar-refractivity contribution in [2.75, 3.05) is 18.9 Å². The Morgan fingerprint density at radius 3 is 2.61 bits per heavy atom. The van der Waals surface area contributed by atoms with E-state index in [2.05, 4.69) is 24.2 Å². The fourth-order valence-electron chi connectivity index (χ4n) is 2.34. The molecule has 18 heavy (non-hydrogen) atoms. The Morgan fingerprint density at radius 2 is 2.06 bits per heavy atom. The fourth-order valence-corrected chi connectivity index (χ4v) is 2.34. The maximum Gasteiger partial charge on any atom is 0.269 e. The van der Waals surface area contributed by atoms with Crippen LogP contribution in [0.15, 0.2) is 24.3 Å². The first kappa shape index (κ1) is 12.8. The Labute approximate surface area is 107 Å². The van der Waals surface area contributed by atoms with Crippen molar-refractivity contribution in [3.8, 4) is 0 Å². The number of nitrogens with one attached hydrogen (secondary N) is 1. The Balaban J connectivity index is 1.95. The van der Waals surface area contributed by atoms with Gasteiger partial charge in [-0.25, -0.2) is 0 Å². The molecule has 1 aliphatic rings. The summed E-state index contributed by atoms with van der Waals surface area (Å²) in [5.41, 5.74) is 1.10. The van der Waals surface area contributed by atoms with Gasteiger partial charge in [0.1, 0.15) is 0 Å². The molecule has 2 rings (SSSR count). The number of likely N-dealkylation sites (tertiary alicyclic amines) is 1. The summed E-state index contributed by atoms with van der Waals surface area (Å²) >= 11 is 0. The minimum atomic E-state index is -0.374. The highest BCUT2D eigenvalue weighted by Crippen LogP contribution is 2.21. The zero-order valence-electron chi connectivity index (χ0n) is 10.8. The molecule has 1 heterocycles. The number of hydrogen-bond donors (Lipinski definition) is 1. The summed E-state index contributed by atoms with van der Waals surface area (Å²) < 4.78 is 0. The van der Waals surface area contributed by atoms with Crippen molar-refractivity contribution in [1.29, 1.82) is 0 Å². The number of rotatable bonds is 3. The second-order valence-corrected chi connectivity index (χ2v) is 5.00. The fraction of sp³-hybridized carbons (Fsp3) is 0.538. The standard InChI is InChI=1S/C13H19N3O2/c1-10-9-12(7-8-15(10)2)14-11-3-5-13(6-4-11)16(17)18/h3-6,10,12,14H,7-9H2,1-2H3. The Morgan fingerprint density at radius 1 is 1.39 bits per heavy atom. The van der Waals surface area contributed by atoms with Gasteiger partial charge < -0.3 is 10.2 Å². The van der Waals surface area contributed by atoms with Crippen LogP contribution in [0.3, 0.4) is 0 Å². The molecular weight excluding hydrogens is 230 g/mol. The van der Waals surface area contributed by atoms with E-state index in [-0.39, 0.29) is 10.6 Å². The quantitative estimate of drug-likeness (QED) is 0.660. The van der Waals surface area contributed by atoms with E-state index in [4.69, 9.17) is 0 Å². The average Bonchev–Trinajstić information content (AvgIpc) is 2.34. The van der Waals surface area contributed by atoms with E-state index in [1.54, 1.807) is 24.3 Å². The largest absolute Gasteiger partial charge is 0.382 e. The molecule has 0 bridgehead atoms. The molecule has 5 heteroatoms. The minimum absolute atomic E-state index is 0.136. The van der Waals surface area contributed by atoms with Crippen molar-refractivity contribution in [1.82, 2.24) is 4.90 Å². The molecule has 1 aromatic carbocycles. The Bertz CT molecular complexity index is 419. The van der Waals surface area contributed by atoms with Crippen LogP contribution in [-0.2, 0) is 0 Å². The van der Waals surface area contributed by atoms with Gasteiger partial charge in [0.25, 0.3) is 5.69 Å². The van der Waals surface area contributed by atoms with E-state index in [1.165, 1.54) is 0 Å². The van der Waals surface area contributed by atoms with Gasteiger partial charge in [-0.1, -0.05) is 0 Å². The summed E-state index contributed by atoms with van der Waals surface area (Å²) in [6.07, 6.45) is 2.21. The monoisotopic (exact) mass is 249 g/mol. The lowest BCUT2D eigenvalue weighted by Gasteiger charge is -2.35. The van der Waals surface area contributed by atoms with Gasteiger partial charge in [-0.2, -0.15) is 0 Å². The third-order valence-electron chi connectivity index (χ3n) is 3.66. The van der Waals surface area contributed by atoms with E-state index in [0.29, 0.717) is 12.1 Å². The van der Waals surface area contributed by atoms with E-state index in [9.17, 15) is 10.1 Å². The number of anilines is 1. The molecule has 1 aromatic rings. The van der Waals surface area contributed by atoms with E-state index in [1.807, 2.05) is 0 Å². The molecule has 1 N–H and O–H groups in total. The third-order valence-corrected chi connectivity index (χ3v) is 3.66. The summed E-state index contributed by atoms with van der Waals surface area (Å²) in [6, 6.07) is 7.68. The molecule has 0 spiro atoms. The van der Waals surface area contributed by atoms with Crippen molar-refractivity contribution in [3.63, 3.8) is 0 Å². The van der Waals surface area contributed by atoms with Crippen LogP contribution in [0.4, 0.5) is 11.4 Å². The van der Waals surface area contributed by atoms with Crippen molar-refractivity contribution in [2.24, 2.45) is 0 Å². The van der Waals surface area contributed by atoms with Crippen LogP contribution >= 0.6 is 0 Å². The first-order valence-corrected chi connectivity index (χ1v) is 6.27. The highest BCUT2D eigenvalue weighted by molar-refractivity contribution is 5.49. The summed E-state index contributed by atoms with van der Waals surface area (Å²) in [5.74, 6) is 0. The van der Waals surface area contributed by atoms with Gasteiger partial charge in [-0.3, -0.25) is 10.1 Å². The van der Waals surface area contributed by atoms with E-state index >= 15 is 0 Å². The third kappa shape index (κ3) is 2.98. The van der Waals surface area contributed by atoms with Crippen molar-refractivity contribution >= 4 is 11.4 Å². The average molecular weight is 249 g/mol. The highest BCUT2D eigenvalue weighted by atomic mass is 16.6. The summed E-state index contributed by atoms with van der Waals surface area (Å²) in [6.45, 7) is 3.31. The number of nitro groups is 1. The lowest BCUT2D eigenvalue weighted by molar-refractivity contribution is -0.384. The molecule has 98 valence electrons. The van der Waals surface area contributed by atoms with Gasteiger partial charge in [0.15, 0.2) is 0 Å². The summed E-state index contributed by atoms with van der Waals surface area (Å²) in [7, 11) is 2.15. The second kappa shape index (κ2) is 5.35. The summed E-state index contributed by atoms with van der Waals surface area (Å²) in [5, 5.41) is 14.0. The molecule has 1 aliphatic heterocycles. The molecule has 0 aromatic heterocycles. The molecule has 1 fully saturated rings. The zero-order chi connectivity index (χ0) is 13.1. The molecule has 0 amide bonds. The van der Waals surface area contributed by atoms with E-state index < -0.39 is 0 Å². The lowest BCUT2D eigenvalue weighted by Crippen LogP contribution is -2.42. The Kier molecular flexibility index (Phi) is 3.81. The smallest absolute Gasteiger partial charge is 0.269 e. The molecule has 2 atom stereocenters. The molecule has 2 unspecified atom stereocenters. The van der Waals surface area contributed by atoms with Crippen LogP contribution in [-0.4, -0.2) is 35.5 Å². The highest BCUT2D eigenvalue weighted by Gasteiger charge is 2.22. The molecule has 0 radical (unpaired) electrons. The van der Waals surface area contributed by atoms with Crippen molar-refractivity contribution < 1.29 is 4.92 Å². The van der Waals surface area contributed by atoms with Crippen LogP contribution in [0.1, 0.15) is 19.8 Å². The zero-order valence-corrected chi connectivity index (χ0v) is 10.8.